The zero-order chi connectivity index (χ0) is 22.3. The minimum absolute atomic E-state index is 0.120. The lowest BCUT2D eigenvalue weighted by Crippen LogP contribution is -2.54. The van der Waals surface area contributed by atoms with Crippen LogP contribution in [0, 0.1) is 13.8 Å². The average Bonchev–Trinajstić information content (AvgIpc) is 3.00. The summed E-state index contributed by atoms with van der Waals surface area (Å²) in [6, 6.07) is 15.2. The number of benzene rings is 2. The highest BCUT2D eigenvalue weighted by molar-refractivity contribution is 9.10. The number of hydrogen-bond acceptors (Lipinski definition) is 3. The summed E-state index contributed by atoms with van der Waals surface area (Å²) in [5, 5.41) is 2.71. The molecular weight excluding hydrogens is 482 g/mol. The lowest BCUT2D eigenvalue weighted by Gasteiger charge is -2.26. The molecule has 0 radical (unpaired) electrons. The molecule has 1 fully saturated rings. The fraction of sp³-hybridized carbons (Fsp3) is 0.0870. The maximum absolute atomic E-state index is 13.1. The SMILES string of the molecule is Cc1cc(C=C2C(=O)NC(=O)N(c3ccc(Cl)cc3)C2=O)c(C)n1-c1ccc(Br)cc1. The Morgan fingerprint density at radius 3 is 2.19 bits per heavy atom. The van der Waals surface area contributed by atoms with E-state index in [4.69, 9.17) is 11.6 Å². The van der Waals surface area contributed by atoms with Gasteiger partial charge in [-0.25, -0.2) is 9.69 Å². The predicted octanol–water partition coefficient (Wildman–Crippen LogP) is 5.18. The molecule has 4 amide bonds. The molecule has 0 unspecified atom stereocenters. The number of nitrogens with one attached hydrogen (secondary N) is 1. The van der Waals surface area contributed by atoms with Crippen molar-refractivity contribution in [1.82, 2.24) is 9.88 Å². The summed E-state index contributed by atoms with van der Waals surface area (Å²) in [5.74, 6) is -1.42. The Labute approximate surface area is 192 Å². The maximum atomic E-state index is 13.1. The molecule has 156 valence electrons. The van der Waals surface area contributed by atoms with Gasteiger partial charge in [0.2, 0.25) is 0 Å². The summed E-state index contributed by atoms with van der Waals surface area (Å²) in [4.78, 5) is 38.8. The number of aryl methyl sites for hydroxylation is 1. The molecule has 0 atom stereocenters. The number of aromatic nitrogens is 1. The van der Waals surface area contributed by atoms with Gasteiger partial charge in [-0.3, -0.25) is 14.9 Å². The molecule has 6 nitrogen and oxygen atoms in total. The first-order chi connectivity index (χ1) is 14.8. The molecule has 0 spiro atoms. The Hall–Kier alpha value is -3.16. The number of amides is 4. The van der Waals surface area contributed by atoms with Crippen LogP contribution in [0.4, 0.5) is 10.5 Å². The zero-order valence-electron chi connectivity index (χ0n) is 16.6. The second-order valence-electron chi connectivity index (χ2n) is 7.07. The van der Waals surface area contributed by atoms with Crippen molar-refractivity contribution in [3.8, 4) is 5.69 Å². The van der Waals surface area contributed by atoms with Gasteiger partial charge in [-0.15, -0.1) is 0 Å². The largest absolute Gasteiger partial charge is 0.335 e. The molecule has 3 aromatic rings. The molecule has 4 rings (SSSR count). The lowest BCUT2D eigenvalue weighted by atomic mass is 10.1. The highest BCUT2D eigenvalue weighted by atomic mass is 79.9. The molecule has 31 heavy (non-hydrogen) atoms. The molecule has 1 N–H and O–H groups in total. The van der Waals surface area contributed by atoms with Gasteiger partial charge in [-0.1, -0.05) is 27.5 Å². The van der Waals surface area contributed by atoms with Gasteiger partial charge < -0.3 is 4.57 Å². The van der Waals surface area contributed by atoms with Crippen LogP contribution in [0.3, 0.4) is 0 Å². The first-order valence-electron chi connectivity index (χ1n) is 9.38. The van der Waals surface area contributed by atoms with E-state index < -0.39 is 17.8 Å². The van der Waals surface area contributed by atoms with E-state index in [0.29, 0.717) is 16.3 Å². The van der Waals surface area contributed by atoms with E-state index in [-0.39, 0.29) is 5.57 Å². The van der Waals surface area contributed by atoms with Crippen molar-refractivity contribution in [2.45, 2.75) is 13.8 Å². The van der Waals surface area contributed by atoms with Crippen LogP contribution in [-0.4, -0.2) is 22.4 Å². The van der Waals surface area contributed by atoms with Gasteiger partial charge in [-0.2, -0.15) is 0 Å². The lowest BCUT2D eigenvalue weighted by molar-refractivity contribution is -0.122. The van der Waals surface area contributed by atoms with Gasteiger partial charge in [0.15, 0.2) is 0 Å². The number of halogens is 2. The highest BCUT2D eigenvalue weighted by Gasteiger charge is 2.37. The number of hydrogen-bond donors (Lipinski definition) is 1. The normalized spacial score (nSPS) is 15.5. The number of urea groups is 1. The number of rotatable bonds is 3. The van der Waals surface area contributed by atoms with E-state index >= 15 is 0 Å². The topological polar surface area (TPSA) is 71.4 Å². The fourth-order valence-electron chi connectivity index (χ4n) is 3.56. The zero-order valence-corrected chi connectivity index (χ0v) is 19.0. The van der Waals surface area contributed by atoms with Crippen molar-refractivity contribution in [2.75, 3.05) is 4.90 Å². The van der Waals surface area contributed by atoms with Crippen LogP contribution < -0.4 is 10.2 Å². The Bertz CT molecular complexity index is 1240. The summed E-state index contributed by atoms with van der Waals surface area (Å²) in [7, 11) is 0. The molecule has 1 aliphatic heterocycles. The van der Waals surface area contributed by atoms with Crippen molar-refractivity contribution in [3.63, 3.8) is 0 Å². The monoisotopic (exact) mass is 497 g/mol. The second-order valence-corrected chi connectivity index (χ2v) is 8.42. The maximum Gasteiger partial charge on any atom is 0.335 e. The van der Waals surface area contributed by atoms with Crippen LogP contribution in [-0.2, 0) is 9.59 Å². The number of nitrogens with zero attached hydrogens (tertiary/aromatic N) is 2. The average molecular weight is 499 g/mol. The van der Waals surface area contributed by atoms with E-state index in [2.05, 4.69) is 21.2 Å². The van der Waals surface area contributed by atoms with Crippen LogP contribution in [0.1, 0.15) is 17.0 Å². The highest BCUT2D eigenvalue weighted by Crippen LogP contribution is 2.27. The molecule has 1 aromatic heterocycles. The van der Waals surface area contributed by atoms with Crippen LogP contribution in [0.25, 0.3) is 11.8 Å². The smallest absolute Gasteiger partial charge is 0.318 e. The summed E-state index contributed by atoms with van der Waals surface area (Å²) >= 11 is 9.33. The molecule has 0 bridgehead atoms. The summed E-state index contributed by atoms with van der Waals surface area (Å²) < 4.78 is 3.00. The molecule has 0 aliphatic carbocycles. The summed E-state index contributed by atoms with van der Waals surface area (Å²) in [5.41, 5.74) is 3.68. The fourth-order valence-corrected chi connectivity index (χ4v) is 3.95. The van der Waals surface area contributed by atoms with E-state index in [9.17, 15) is 14.4 Å². The molecule has 8 heteroatoms. The van der Waals surface area contributed by atoms with Crippen molar-refractivity contribution in [3.05, 3.63) is 86.6 Å². The molecule has 2 aromatic carbocycles. The standard InChI is InChI=1S/C23H17BrClN3O3/c1-13-11-15(14(2)27(13)18-7-3-16(24)4-8-18)12-20-21(29)26-23(31)28(22(20)30)19-9-5-17(25)6-10-19/h3-12H,1-2H3,(H,26,29,31). The minimum atomic E-state index is -0.796. The third-order valence-electron chi connectivity index (χ3n) is 5.04. The van der Waals surface area contributed by atoms with Gasteiger partial charge in [0.25, 0.3) is 11.8 Å². The van der Waals surface area contributed by atoms with E-state index in [1.165, 1.54) is 6.08 Å². The Morgan fingerprint density at radius 2 is 1.55 bits per heavy atom. The van der Waals surface area contributed by atoms with Gasteiger partial charge in [0.05, 0.1) is 5.69 Å². The molecule has 2 heterocycles. The third kappa shape index (κ3) is 3.94. The van der Waals surface area contributed by atoms with Crippen LogP contribution in [0.15, 0.2) is 64.6 Å². The van der Waals surface area contributed by atoms with E-state index in [1.807, 2.05) is 48.7 Å². The quantitative estimate of drug-likeness (QED) is 0.400. The van der Waals surface area contributed by atoms with Crippen LogP contribution in [0.5, 0.6) is 0 Å². The van der Waals surface area contributed by atoms with Gasteiger partial charge in [-0.05, 0) is 80.1 Å². The van der Waals surface area contributed by atoms with Crippen molar-refractivity contribution < 1.29 is 14.4 Å². The van der Waals surface area contributed by atoms with Crippen LogP contribution >= 0.6 is 27.5 Å². The van der Waals surface area contributed by atoms with Gasteiger partial charge in [0.1, 0.15) is 5.57 Å². The minimum Gasteiger partial charge on any atom is -0.318 e. The number of barbiturate groups is 1. The molecule has 1 saturated heterocycles. The number of carbonyl (C=O) groups excluding carboxylic acids is 3. The van der Waals surface area contributed by atoms with Gasteiger partial charge >= 0.3 is 6.03 Å². The second kappa shape index (κ2) is 8.17. The van der Waals surface area contributed by atoms with E-state index in [1.54, 1.807) is 24.3 Å². The first kappa shape index (κ1) is 21.1. The van der Waals surface area contributed by atoms with Gasteiger partial charge in [0, 0.05) is 26.6 Å². The number of anilines is 1. The number of imide groups is 2. The Morgan fingerprint density at radius 1 is 0.935 bits per heavy atom. The Balaban J connectivity index is 1.75. The van der Waals surface area contributed by atoms with Crippen molar-refractivity contribution >= 4 is 57.1 Å². The first-order valence-corrected chi connectivity index (χ1v) is 10.6. The summed E-state index contributed by atoms with van der Waals surface area (Å²) in [6.07, 6.45) is 1.52. The molecular formula is C23H17BrClN3O3. The van der Waals surface area contributed by atoms with Crippen LogP contribution in [0.2, 0.25) is 5.02 Å². The van der Waals surface area contributed by atoms with E-state index in [0.717, 1.165) is 26.4 Å². The third-order valence-corrected chi connectivity index (χ3v) is 5.82. The summed E-state index contributed by atoms with van der Waals surface area (Å²) in [6.45, 7) is 3.86. The number of carbonyl (C=O) groups is 3. The molecule has 0 saturated carbocycles. The Kier molecular flexibility index (Phi) is 5.56. The molecule has 1 aliphatic rings. The predicted molar refractivity (Wildman–Crippen MR) is 123 cm³/mol. The van der Waals surface area contributed by atoms with Crippen molar-refractivity contribution in [2.24, 2.45) is 0 Å². The van der Waals surface area contributed by atoms with Crippen molar-refractivity contribution in [1.29, 1.82) is 0 Å².